The Morgan fingerprint density at radius 3 is 2.29 bits per heavy atom. The van der Waals surface area contributed by atoms with E-state index in [4.69, 9.17) is 21.1 Å². The van der Waals surface area contributed by atoms with Gasteiger partial charge in [-0.1, -0.05) is 0 Å². The molecule has 1 aromatic carbocycles. The molecule has 0 saturated carbocycles. The number of hydrogen-bond acceptors (Lipinski definition) is 3. The molecule has 0 saturated heterocycles. The van der Waals surface area contributed by atoms with E-state index in [2.05, 4.69) is 4.40 Å². The summed E-state index contributed by atoms with van der Waals surface area (Å²) >= 11 is 5.84. The quantitative estimate of drug-likeness (QED) is 0.593. The zero-order valence-corrected chi connectivity index (χ0v) is 14.7. The van der Waals surface area contributed by atoms with E-state index in [0.29, 0.717) is 23.8 Å². The van der Waals surface area contributed by atoms with E-state index in [0.717, 1.165) is 11.1 Å². The molecule has 0 aromatic heterocycles. The molecule has 6 heteroatoms. The summed E-state index contributed by atoms with van der Waals surface area (Å²) in [4.78, 5) is 0. The maximum absolute atomic E-state index is 12.0. The van der Waals surface area contributed by atoms with Crippen molar-refractivity contribution >= 4 is 28.8 Å². The van der Waals surface area contributed by atoms with Crippen molar-refractivity contribution in [3.05, 3.63) is 23.3 Å². The van der Waals surface area contributed by atoms with Crippen LogP contribution in [0.3, 0.4) is 0 Å². The smallest absolute Gasteiger partial charge is 0.161 e. The van der Waals surface area contributed by atoms with Gasteiger partial charge in [0.05, 0.1) is 19.0 Å². The minimum atomic E-state index is -1.30. The zero-order chi connectivity index (χ0) is 16.0. The number of rotatable bonds is 6. The lowest BCUT2D eigenvalue weighted by Crippen LogP contribution is -2.19. The first-order valence-electron chi connectivity index (χ1n) is 6.60. The third kappa shape index (κ3) is 5.00. The van der Waals surface area contributed by atoms with Crippen molar-refractivity contribution in [3.8, 4) is 11.5 Å². The van der Waals surface area contributed by atoms with Gasteiger partial charge in [0.1, 0.15) is 11.0 Å². The number of ether oxygens (including phenoxy) is 2. The lowest BCUT2D eigenvalue weighted by molar-refractivity contribution is 0.354. The Hall–Kier alpha value is -1.07. The molecule has 0 aliphatic heterocycles. The fourth-order valence-corrected chi connectivity index (χ4v) is 2.37. The van der Waals surface area contributed by atoms with Crippen molar-refractivity contribution in [3.63, 3.8) is 0 Å². The van der Waals surface area contributed by atoms with E-state index in [1.165, 1.54) is 0 Å². The fraction of sp³-hybridized carbons (Fsp3) is 0.533. The third-order valence-corrected chi connectivity index (χ3v) is 4.35. The van der Waals surface area contributed by atoms with Crippen LogP contribution in [0.2, 0.25) is 0 Å². The molecule has 21 heavy (non-hydrogen) atoms. The molecule has 0 N–H and O–H groups in total. The Morgan fingerprint density at radius 2 is 1.81 bits per heavy atom. The van der Waals surface area contributed by atoms with E-state index < -0.39 is 11.0 Å². The van der Waals surface area contributed by atoms with Gasteiger partial charge in [-0.2, -0.15) is 4.40 Å². The average molecular weight is 332 g/mol. The Balaban J connectivity index is 3.20. The van der Waals surface area contributed by atoms with Gasteiger partial charge in [0.15, 0.2) is 11.5 Å². The van der Waals surface area contributed by atoms with Gasteiger partial charge in [0.2, 0.25) is 0 Å². The van der Waals surface area contributed by atoms with E-state index in [1.54, 1.807) is 20.4 Å². The van der Waals surface area contributed by atoms with Gasteiger partial charge < -0.3 is 9.47 Å². The van der Waals surface area contributed by atoms with Crippen LogP contribution in [0.25, 0.3) is 0 Å². The lowest BCUT2D eigenvalue weighted by atomic mass is 10.0. The molecule has 1 atom stereocenters. The number of nitrogens with zero attached hydrogens (tertiary/aromatic N) is 1. The Labute approximate surface area is 134 Å². The standard InChI is InChI=1S/C15H22ClNO3S/c1-15(2,3)21(18)17-10-12-9-14(20-5)13(19-4)8-11(12)6-7-16/h8-10H,6-7H2,1-5H3/b17-10+/t21-/m0/s1. The number of halogens is 1. The fourth-order valence-electron chi connectivity index (χ4n) is 1.64. The third-order valence-electron chi connectivity index (χ3n) is 2.82. The van der Waals surface area contributed by atoms with Gasteiger partial charge in [-0.3, -0.25) is 0 Å². The van der Waals surface area contributed by atoms with Crippen molar-refractivity contribution in [2.24, 2.45) is 4.40 Å². The summed E-state index contributed by atoms with van der Waals surface area (Å²) < 4.78 is 26.3. The predicted octanol–water partition coefficient (Wildman–Crippen LogP) is 3.37. The molecule has 118 valence electrons. The highest BCUT2D eigenvalue weighted by molar-refractivity contribution is 7.85. The molecule has 0 heterocycles. The van der Waals surface area contributed by atoms with Crippen LogP contribution in [0.4, 0.5) is 0 Å². The second-order valence-electron chi connectivity index (χ2n) is 5.44. The van der Waals surface area contributed by atoms with Gasteiger partial charge in [0.25, 0.3) is 0 Å². The Bertz CT molecular complexity index is 538. The number of methoxy groups -OCH3 is 2. The topological polar surface area (TPSA) is 47.9 Å². The van der Waals surface area contributed by atoms with Gasteiger partial charge >= 0.3 is 0 Å². The molecular formula is C15H22ClNO3S. The number of benzene rings is 1. The highest BCUT2D eigenvalue weighted by atomic mass is 35.5. The molecule has 0 bridgehead atoms. The predicted molar refractivity (Wildman–Crippen MR) is 89.5 cm³/mol. The lowest BCUT2D eigenvalue weighted by Gasteiger charge is -2.14. The van der Waals surface area contributed by atoms with Crippen LogP contribution in [-0.2, 0) is 17.4 Å². The summed E-state index contributed by atoms with van der Waals surface area (Å²) in [5, 5.41) is 0. The molecule has 0 fully saturated rings. The molecule has 0 aliphatic carbocycles. The van der Waals surface area contributed by atoms with Crippen LogP contribution in [0.15, 0.2) is 16.5 Å². The second-order valence-corrected chi connectivity index (χ2v) is 7.75. The van der Waals surface area contributed by atoms with Crippen molar-refractivity contribution in [2.75, 3.05) is 20.1 Å². The van der Waals surface area contributed by atoms with Gasteiger partial charge in [-0.05, 0) is 44.9 Å². The number of hydrogen-bond donors (Lipinski definition) is 0. The van der Waals surface area contributed by atoms with E-state index >= 15 is 0 Å². The summed E-state index contributed by atoms with van der Waals surface area (Å²) in [6.07, 6.45) is 2.29. The van der Waals surface area contributed by atoms with Gasteiger partial charge in [-0.15, -0.1) is 11.6 Å². The van der Waals surface area contributed by atoms with Crippen molar-refractivity contribution in [1.82, 2.24) is 0 Å². The molecule has 0 unspecified atom stereocenters. The first-order chi connectivity index (χ1) is 9.83. The SMILES string of the molecule is COc1cc(/C=N/[S@@](=O)C(C)(C)C)c(CCCl)cc1OC. The summed E-state index contributed by atoms with van der Waals surface area (Å²) in [6, 6.07) is 3.70. The van der Waals surface area contributed by atoms with Crippen molar-refractivity contribution < 1.29 is 13.7 Å². The van der Waals surface area contributed by atoms with E-state index in [1.807, 2.05) is 32.9 Å². The Kier molecular flexibility index (Phi) is 6.68. The molecule has 0 amide bonds. The van der Waals surface area contributed by atoms with Crippen LogP contribution < -0.4 is 9.47 Å². The molecule has 0 radical (unpaired) electrons. The average Bonchev–Trinajstić information content (AvgIpc) is 2.44. The molecule has 0 spiro atoms. The van der Waals surface area contributed by atoms with Crippen molar-refractivity contribution in [2.45, 2.75) is 31.9 Å². The van der Waals surface area contributed by atoms with Crippen LogP contribution in [-0.4, -0.2) is 35.3 Å². The maximum atomic E-state index is 12.0. The van der Waals surface area contributed by atoms with Crippen molar-refractivity contribution in [1.29, 1.82) is 0 Å². The molecule has 1 aromatic rings. The summed E-state index contributed by atoms with van der Waals surface area (Å²) in [5.41, 5.74) is 1.82. The van der Waals surface area contributed by atoms with Crippen LogP contribution >= 0.6 is 11.6 Å². The highest BCUT2D eigenvalue weighted by Gasteiger charge is 2.18. The van der Waals surface area contributed by atoms with E-state index in [9.17, 15) is 4.21 Å². The highest BCUT2D eigenvalue weighted by Crippen LogP contribution is 2.30. The second kappa shape index (κ2) is 7.80. The van der Waals surface area contributed by atoms with Gasteiger partial charge in [0, 0.05) is 17.7 Å². The molecule has 4 nitrogen and oxygen atoms in total. The Morgan fingerprint density at radius 1 is 1.24 bits per heavy atom. The minimum absolute atomic E-state index is 0.389. The minimum Gasteiger partial charge on any atom is -0.493 e. The zero-order valence-electron chi connectivity index (χ0n) is 13.1. The van der Waals surface area contributed by atoms with Crippen LogP contribution in [0.5, 0.6) is 11.5 Å². The summed E-state index contributed by atoms with van der Waals surface area (Å²) in [7, 11) is 1.86. The molecule has 0 aliphatic rings. The summed E-state index contributed by atoms with van der Waals surface area (Å²) in [5.74, 6) is 1.74. The van der Waals surface area contributed by atoms with Crippen LogP contribution in [0, 0.1) is 0 Å². The number of aryl methyl sites for hydroxylation is 1. The molecular weight excluding hydrogens is 310 g/mol. The maximum Gasteiger partial charge on any atom is 0.161 e. The molecule has 1 rings (SSSR count). The first kappa shape index (κ1) is 18.0. The van der Waals surface area contributed by atoms with E-state index in [-0.39, 0.29) is 4.75 Å². The van der Waals surface area contributed by atoms with Crippen LogP contribution in [0.1, 0.15) is 31.9 Å². The summed E-state index contributed by atoms with van der Waals surface area (Å²) in [6.45, 7) is 5.65. The first-order valence-corrected chi connectivity index (χ1v) is 8.24. The van der Waals surface area contributed by atoms with Gasteiger partial charge in [-0.25, -0.2) is 4.21 Å². The largest absolute Gasteiger partial charge is 0.493 e. The normalized spacial score (nSPS) is 13.4. The number of alkyl halides is 1. The monoisotopic (exact) mass is 331 g/mol.